The standard InChI is InChI=1S/C19H27N3OS2/c1-11-12(2)24-17-16(11)18(21-14(4)20-17)25-13(3)19(23)22(5)15-9-7-6-8-10-15/h13,15H,6-10H2,1-5H3/t13-/m1/s1. The van der Waals surface area contributed by atoms with E-state index in [1.54, 1.807) is 23.1 Å². The maximum Gasteiger partial charge on any atom is 0.235 e. The predicted octanol–water partition coefficient (Wildman–Crippen LogP) is 4.89. The lowest BCUT2D eigenvalue weighted by molar-refractivity contribution is -0.131. The van der Waals surface area contributed by atoms with Gasteiger partial charge in [-0.2, -0.15) is 0 Å². The SMILES string of the molecule is Cc1nc(S[C@H](C)C(=O)N(C)C2CCCCC2)c2c(C)c(C)sc2n1. The Balaban J connectivity index is 1.81. The molecule has 1 aliphatic rings. The minimum Gasteiger partial charge on any atom is -0.342 e. The van der Waals surface area contributed by atoms with Crippen LogP contribution in [0, 0.1) is 20.8 Å². The van der Waals surface area contributed by atoms with E-state index in [1.807, 2.05) is 25.8 Å². The Labute approximate surface area is 158 Å². The highest BCUT2D eigenvalue weighted by molar-refractivity contribution is 8.00. The fourth-order valence-corrected chi connectivity index (χ4v) is 5.85. The quantitative estimate of drug-likeness (QED) is 0.562. The van der Waals surface area contributed by atoms with Crippen LogP contribution in [0.15, 0.2) is 5.03 Å². The molecule has 0 bridgehead atoms. The van der Waals surface area contributed by atoms with E-state index in [2.05, 4.69) is 23.8 Å². The summed E-state index contributed by atoms with van der Waals surface area (Å²) in [4.78, 5) is 26.4. The van der Waals surface area contributed by atoms with E-state index in [0.717, 1.165) is 33.9 Å². The van der Waals surface area contributed by atoms with Gasteiger partial charge in [0.05, 0.1) is 5.25 Å². The van der Waals surface area contributed by atoms with Gasteiger partial charge >= 0.3 is 0 Å². The Morgan fingerprint density at radius 3 is 2.56 bits per heavy atom. The molecule has 1 atom stereocenters. The summed E-state index contributed by atoms with van der Waals surface area (Å²) >= 11 is 3.29. The van der Waals surface area contributed by atoms with Crippen LogP contribution in [0.4, 0.5) is 0 Å². The Bertz CT molecular complexity index is 781. The summed E-state index contributed by atoms with van der Waals surface area (Å²) in [7, 11) is 1.97. The molecular formula is C19H27N3OS2. The number of fused-ring (bicyclic) bond motifs is 1. The lowest BCUT2D eigenvalue weighted by atomic mass is 9.94. The van der Waals surface area contributed by atoms with E-state index in [4.69, 9.17) is 0 Å². The Kier molecular flexibility index (Phi) is 5.68. The highest BCUT2D eigenvalue weighted by Gasteiger charge is 2.27. The van der Waals surface area contributed by atoms with Gasteiger partial charge in [0.15, 0.2) is 0 Å². The molecule has 1 amide bonds. The van der Waals surface area contributed by atoms with Gasteiger partial charge in [0, 0.05) is 23.4 Å². The summed E-state index contributed by atoms with van der Waals surface area (Å²) < 4.78 is 0. The normalized spacial score (nSPS) is 17.0. The number of amides is 1. The molecule has 1 fully saturated rings. The van der Waals surface area contributed by atoms with Gasteiger partial charge in [-0.15, -0.1) is 11.3 Å². The van der Waals surface area contributed by atoms with Crippen molar-refractivity contribution in [1.82, 2.24) is 14.9 Å². The Morgan fingerprint density at radius 2 is 1.88 bits per heavy atom. The second-order valence-electron chi connectivity index (χ2n) is 7.04. The fraction of sp³-hybridized carbons (Fsp3) is 0.632. The van der Waals surface area contributed by atoms with Crippen molar-refractivity contribution in [2.75, 3.05) is 7.05 Å². The number of nitrogens with zero attached hydrogens (tertiary/aromatic N) is 3. The van der Waals surface area contributed by atoms with Gasteiger partial charge in [-0.3, -0.25) is 4.79 Å². The number of thioether (sulfide) groups is 1. The molecule has 0 aliphatic heterocycles. The first-order chi connectivity index (χ1) is 11.9. The zero-order valence-corrected chi connectivity index (χ0v) is 17.4. The molecule has 0 unspecified atom stereocenters. The van der Waals surface area contributed by atoms with Gasteiger partial charge in [-0.1, -0.05) is 31.0 Å². The molecule has 0 aromatic carbocycles. The van der Waals surface area contributed by atoms with Gasteiger partial charge in [0.1, 0.15) is 15.7 Å². The lowest BCUT2D eigenvalue weighted by Gasteiger charge is -2.32. The minimum atomic E-state index is -0.135. The molecule has 2 aromatic heterocycles. The summed E-state index contributed by atoms with van der Waals surface area (Å²) in [6.07, 6.45) is 6.06. The number of aryl methyl sites for hydroxylation is 3. The van der Waals surface area contributed by atoms with Crippen molar-refractivity contribution in [3.8, 4) is 0 Å². The summed E-state index contributed by atoms with van der Waals surface area (Å²) in [6.45, 7) is 8.17. The molecule has 6 heteroatoms. The van der Waals surface area contributed by atoms with Crippen molar-refractivity contribution in [2.24, 2.45) is 0 Å². The van der Waals surface area contributed by atoms with Gasteiger partial charge in [-0.25, -0.2) is 9.97 Å². The Hall–Kier alpha value is -1.14. The molecule has 3 rings (SSSR count). The molecule has 0 spiro atoms. The molecule has 0 N–H and O–H groups in total. The molecular weight excluding hydrogens is 350 g/mol. The molecule has 4 nitrogen and oxygen atoms in total. The molecule has 25 heavy (non-hydrogen) atoms. The van der Waals surface area contributed by atoms with Crippen LogP contribution in [-0.4, -0.2) is 39.1 Å². The summed E-state index contributed by atoms with van der Waals surface area (Å²) in [5.41, 5.74) is 1.24. The van der Waals surface area contributed by atoms with E-state index in [-0.39, 0.29) is 11.2 Å². The lowest BCUT2D eigenvalue weighted by Crippen LogP contribution is -2.42. The third-order valence-corrected chi connectivity index (χ3v) is 7.39. The van der Waals surface area contributed by atoms with Crippen LogP contribution in [-0.2, 0) is 4.79 Å². The minimum absolute atomic E-state index is 0.135. The zero-order chi connectivity index (χ0) is 18.1. The summed E-state index contributed by atoms with van der Waals surface area (Å²) in [5, 5.41) is 1.93. The van der Waals surface area contributed by atoms with E-state index < -0.39 is 0 Å². The van der Waals surface area contributed by atoms with E-state index in [0.29, 0.717) is 6.04 Å². The first kappa shape index (κ1) is 18.6. The van der Waals surface area contributed by atoms with Gasteiger partial charge < -0.3 is 4.90 Å². The van der Waals surface area contributed by atoms with E-state index in [1.165, 1.54) is 29.7 Å². The first-order valence-corrected chi connectivity index (χ1v) is 10.8. The van der Waals surface area contributed by atoms with Crippen LogP contribution in [0.25, 0.3) is 10.2 Å². The van der Waals surface area contributed by atoms with Crippen molar-refractivity contribution in [3.63, 3.8) is 0 Å². The third kappa shape index (κ3) is 3.85. The number of carbonyl (C=O) groups is 1. The average Bonchev–Trinajstić information content (AvgIpc) is 2.88. The molecule has 0 radical (unpaired) electrons. The van der Waals surface area contributed by atoms with Gasteiger partial charge in [0.25, 0.3) is 0 Å². The molecule has 2 aromatic rings. The summed E-state index contributed by atoms with van der Waals surface area (Å²) in [5.74, 6) is 0.988. The van der Waals surface area contributed by atoms with Crippen LogP contribution in [0.2, 0.25) is 0 Å². The van der Waals surface area contributed by atoms with Gasteiger partial charge in [0.2, 0.25) is 5.91 Å². The number of thiophene rings is 1. The Morgan fingerprint density at radius 1 is 1.20 bits per heavy atom. The maximum absolute atomic E-state index is 12.9. The van der Waals surface area contributed by atoms with Gasteiger partial charge in [-0.05, 0) is 46.1 Å². The highest BCUT2D eigenvalue weighted by Crippen LogP contribution is 2.37. The van der Waals surface area contributed by atoms with Crippen LogP contribution in [0.1, 0.15) is 55.3 Å². The van der Waals surface area contributed by atoms with Crippen LogP contribution in [0.5, 0.6) is 0 Å². The number of hydrogen-bond donors (Lipinski definition) is 0. The molecule has 1 saturated carbocycles. The third-order valence-electron chi connectivity index (χ3n) is 5.21. The molecule has 2 heterocycles. The first-order valence-electron chi connectivity index (χ1n) is 9.06. The van der Waals surface area contributed by atoms with Crippen LogP contribution < -0.4 is 0 Å². The van der Waals surface area contributed by atoms with Crippen molar-refractivity contribution < 1.29 is 4.79 Å². The van der Waals surface area contributed by atoms with E-state index >= 15 is 0 Å². The van der Waals surface area contributed by atoms with Crippen LogP contribution in [0.3, 0.4) is 0 Å². The molecule has 0 saturated heterocycles. The maximum atomic E-state index is 12.9. The van der Waals surface area contributed by atoms with Crippen molar-refractivity contribution in [1.29, 1.82) is 0 Å². The van der Waals surface area contributed by atoms with Crippen LogP contribution >= 0.6 is 23.1 Å². The average molecular weight is 378 g/mol. The number of rotatable bonds is 4. The number of aromatic nitrogens is 2. The predicted molar refractivity (Wildman–Crippen MR) is 107 cm³/mol. The monoisotopic (exact) mass is 377 g/mol. The summed E-state index contributed by atoms with van der Waals surface area (Å²) in [6, 6.07) is 0.404. The number of hydrogen-bond acceptors (Lipinski definition) is 5. The van der Waals surface area contributed by atoms with E-state index in [9.17, 15) is 4.79 Å². The fourth-order valence-electron chi connectivity index (χ4n) is 3.55. The second-order valence-corrected chi connectivity index (χ2v) is 9.57. The van der Waals surface area contributed by atoms with Crippen molar-refractivity contribution >= 4 is 39.2 Å². The van der Waals surface area contributed by atoms with Crippen molar-refractivity contribution in [2.45, 2.75) is 76.1 Å². The smallest absolute Gasteiger partial charge is 0.235 e. The van der Waals surface area contributed by atoms with Crippen molar-refractivity contribution in [3.05, 3.63) is 16.3 Å². The zero-order valence-electron chi connectivity index (χ0n) is 15.8. The second kappa shape index (κ2) is 7.62. The topological polar surface area (TPSA) is 46.1 Å². The molecule has 136 valence electrons. The number of carbonyl (C=O) groups excluding carboxylic acids is 1. The largest absolute Gasteiger partial charge is 0.342 e. The highest BCUT2D eigenvalue weighted by atomic mass is 32.2. The molecule has 1 aliphatic carbocycles.